The van der Waals surface area contributed by atoms with Gasteiger partial charge in [0.15, 0.2) is 0 Å². The van der Waals surface area contributed by atoms with Gasteiger partial charge < -0.3 is 10.6 Å². The Kier molecular flexibility index (Phi) is 2.84. The predicted octanol–water partition coefficient (Wildman–Crippen LogP) is 1.17. The van der Waals surface area contributed by atoms with Gasteiger partial charge in [-0.05, 0) is 6.54 Å². The summed E-state index contributed by atoms with van der Waals surface area (Å²) >= 11 is 0. The van der Waals surface area contributed by atoms with E-state index < -0.39 is 0 Å². The van der Waals surface area contributed by atoms with Crippen LogP contribution in [-0.2, 0) is 5.41 Å². The molecule has 0 aliphatic carbocycles. The Labute approximate surface area is 96.9 Å². The second kappa shape index (κ2) is 4.01. The molecular formula is C12H20N4. The summed E-state index contributed by atoms with van der Waals surface area (Å²) in [6.07, 6.45) is 1.66. The van der Waals surface area contributed by atoms with E-state index >= 15 is 0 Å². The van der Waals surface area contributed by atoms with E-state index in [4.69, 9.17) is 5.73 Å². The molecule has 1 fully saturated rings. The monoisotopic (exact) mass is 220 g/mol. The number of hydrogen-bond acceptors (Lipinski definition) is 4. The fourth-order valence-electron chi connectivity index (χ4n) is 1.84. The normalized spacial score (nSPS) is 17.4. The maximum Gasteiger partial charge on any atom is 0.132 e. The highest BCUT2D eigenvalue weighted by atomic mass is 15.2. The summed E-state index contributed by atoms with van der Waals surface area (Å²) in [5, 5.41) is 0. The van der Waals surface area contributed by atoms with Crippen molar-refractivity contribution in [3.05, 3.63) is 18.1 Å². The molecule has 0 saturated carbocycles. The Balaban J connectivity index is 2.12. The number of anilines is 1. The van der Waals surface area contributed by atoms with E-state index in [2.05, 4.69) is 41.7 Å². The van der Waals surface area contributed by atoms with Crippen LogP contribution in [0.15, 0.2) is 12.4 Å². The maximum absolute atomic E-state index is 5.61. The molecule has 88 valence electrons. The minimum atomic E-state index is 0.0792. The predicted molar refractivity (Wildman–Crippen MR) is 65.5 cm³/mol. The average Bonchev–Trinajstić information content (AvgIpc) is 2.15. The van der Waals surface area contributed by atoms with E-state index in [-0.39, 0.29) is 5.41 Å². The molecule has 1 aromatic heterocycles. The van der Waals surface area contributed by atoms with E-state index in [1.165, 1.54) is 0 Å². The number of nitrogens with two attached hydrogens (primary N) is 1. The van der Waals surface area contributed by atoms with Crippen LogP contribution in [0.4, 0.5) is 5.82 Å². The van der Waals surface area contributed by atoms with Crippen molar-refractivity contribution >= 4 is 5.82 Å². The molecule has 16 heavy (non-hydrogen) atoms. The highest BCUT2D eigenvalue weighted by Crippen LogP contribution is 2.26. The van der Waals surface area contributed by atoms with Gasteiger partial charge in [0.05, 0.1) is 5.69 Å². The summed E-state index contributed by atoms with van der Waals surface area (Å²) in [5.74, 6) is 1.66. The van der Waals surface area contributed by atoms with Crippen molar-refractivity contribution in [3.63, 3.8) is 0 Å². The summed E-state index contributed by atoms with van der Waals surface area (Å²) in [6.45, 7) is 9.32. The van der Waals surface area contributed by atoms with Gasteiger partial charge in [0.1, 0.15) is 12.1 Å². The van der Waals surface area contributed by atoms with E-state index in [0.29, 0.717) is 5.92 Å². The van der Waals surface area contributed by atoms with Crippen LogP contribution >= 0.6 is 0 Å². The molecule has 1 aliphatic heterocycles. The van der Waals surface area contributed by atoms with Gasteiger partial charge in [-0.15, -0.1) is 0 Å². The van der Waals surface area contributed by atoms with Gasteiger partial charge >= 0.3 is 0 Å². The molecule has 1 saturated heterocycles. The molecule has 1 aliphatic rings. The zero-order chi connectivity index (χ0) is 11.8. The lowest BCUT2D eigenvalue weighted by molar-refractivity contribution is 0.416. The van der Waals surface area contributed by atoms with E-state index in [9.17, 15) is 0 Å². The van der Waals surface area contributed by atoms with Crippen molar-refractivity contribution < 1.29 is 0 Å². The van der Waals surface area contributed by atoms with Crippen LogP contribution in [0, 0.1) is 5.92 Å². The van der Waals surface area contributed by atoms with Crippen molar-refractivity contribution in [1.29, 1.82) is 0 Å². The van der Waals surface area contributed by atoms with Crippen molar-refractivity contribution in [1.82, 2.24) is 9.97 Å². The fraction of sp³-hybridized carbons (Fsp3) is 0.667. The maximum atomic E-state index is 5.61. The second-order valence-corrected chi connectivity index (χ2v) is 5.52. The minimum Gasteiger partial charge on any atom is -0.356 e. The lowest BCUT2D eigenvalue weighted by Crippen LogP contribution is -2.50. The number of hydrogen-bond donors (Lipinski definition) is 1. The SMILES string of the molecule is CC(C)(C)c1cc(N2CC(CN)C2)ncn1. The van der Waals surface area contributed by atoms with Crippen molar-refractivity contribution in [2.45, 2.75) is 26.2 Å². The van der Waals surface area contributed by atoms with Gasteiger partial charge in [-0.1, -0.05) is 20.8 Å². The average molecular weight is 220 g/mol. The molecule has 0 amide bonds. The fourth-order valence-corrected chi connectivity index (χ4v) is 1.84. The van der Waals surface area contributed by atoms with Crippen LogP contribution < -0.4 is 10.6 Å². The lowest BCUT2D eigenvalue weighted by Gasteiger charge is -2.39. The summed E-state index contributed by atoms with van der Waals surface area (Å²) in [6, 6.07) is 2.09. The van der Waals surface area contributed by atoms with E-state index in [1.54, 1.807) is 6.33 Å². The third-order valence-corrected chi connectivity index (χ3v) is 3.04. The number of aromatic nitrogens is 2. The Bertz CT molecular complexity index is 364. The van der Waals surface area contributed by atoms with Gasteiger partial charge in [-0.2, -0.15) is 0 Å². The molecule has 0 spiro atoms. The zero-order valence-electron chi connectivity index (χ0n) is 10.3. The summed E-state index contributed by atoms with van der Waals surface area (Å²) in [5.41, 5.74) is 6.78. The Morgan fingerprint density at radius 3 is 2.62 bits per heavy atom. The van der Waals surface area contributed by atoms with Crippen LogP contribution in [0.25, 0.3) is 0 Å². The van der Waals surface area contributed by atoms with Gasteiger partial charge in [0.2, 0.25) is 0 Å². The Hall–Kier alpha value is -1.16. The third kappa shape index (κ3) is 2.16. The summed E-state index contributed by atoms with van der Waals surface area (Å²) in [4.78, 5) is 10.9. The van der Waals surface area contributed by atoms with Crippen LogP contribution in [0.3, 0.4) is 0 Å². The van der Waals surface area contributed by atoms with Crippen LogP contribution in [0.5, 0.6) is 0 Å². The van der Waals surface area contributed by atoms with Gasteiger partial charge in [0, 0.05) is 30.5 Å². The standard InChI is InChI=1S/C12H20N4/c1-12(2,3)10-4-11(15-8-14-10)16-6-9(5-13)7-16/h4,8-9H,5-7,13H2,1-3H3. The molecule has 0 atom stereocenters. The number of rotatable bonds is 2. The molecular weight excluding hydrogens is 200 g/mol. The molecule has 0 radical (unpaired) electrons. The first-order valence-electron chi connectivity index (χ1n) is 5.78. The largest absolute Gasteiger partial charge is 0.356 e. The molecule has 0 unspecified atom stereocenters. The minimum absolute atomic E-state index is 0.0792. The lowest BCUT2D eigenvalue weighted by atomic mass is 9.91. The molecule has 2 N–H and O–H groups in total. The first-order valence-corrected chi connectivity index (χ1v) is 5.78. The second-order valence-electron chi connectivity index (χ2n) is 5.52. The molecule has 0 bridgehead atoms. The van der Waals surface area contributed by atoms with Crippen molar-refractivity contribution in [2.75, 3.05) is 24.5 Å². The van der Waals surface area contributed by atoms with Crippen LogP contribution in [-0.4, -0.2) is 29.6 Å². The third-order valence-electron chi connectivity index (χ3n) is 3.04. The van der Waals surface area contributed by atoms with Gasteiger partial charge in [0.25, 0.3) is 0 Å². The molecule has 4 heteroatoms. The summed E-state index contributed by atoms with van der Waals surface area (Å²) < 4.78 is 0. The molecule has 2 heterocycles. The number of nitrogens with zero attached hydrogens (tertiary/aromatic N) is 3. The summed E-state index contributed by atoms with van der Waals surface area (Å²) in [7, 11) is 0. The Morgan fingerprint density at radius 2 is 2.06 bits per heavy atom. The molecule has 4 nitrogen and oxygen atoms in total. The van der Waals surface area contributed by atoms with Crippen LogP contribution in [0.2, 0.25) is 0 Å². The first kappa shape index (κ1) is 11.3. The quantitative estimate of drug-likeness (QED) is 0.813. The molecule has 0 aromatic carbocycles. The topological polar surface area (TPSA) is 55.0 Å². The van der Waals surface area contributed by atoms with Crippen molar-refractivity contribution in [2.24, 2.45) is 11.7 Å². The highest BCUT2D eigenvalue weighted by molar-refractivity contribution is 5.43. The Morgan fingerprint density at radius 1 is 1.38 bits per heavy atom. The van der Waals surface area contributed by atoms with Gasteiger partial charge in [-0.3, -0.25) is 0 Å². The highest BCUT2D eigenvalue weighted by Gasteiger charge is 2.27. The van der Waals surface area contributed by atoms with Crippen molar-refractivity contribution in [3.8, 4) is 0 Å². The van der Waals surface area contributed by atoms with E-state index in [0.717, 1.165) is 31.1 Å². The molecule has 2 rings (SSSR count). The van der Waals surface area contributed by atoms with Crippen LogP contribution in [0.1, 0.15) is 26.5 Å². The zero-order valence-corrected chi connectivity index (χ0v) is 10.3. The first-order chi connectivity index (χ1) is 7.50. The smallest absolute Gasteiger partial charge is 0.132 e. The van der Waals surface area contributed by atoms with E-state index in [1.807, 2.05) is 0 Å². The molecule has 1 aromatic rings. The van der Waals surface area contributed by atoms with Gasteiger partial charge in [-0.25, -0.2) is 9.97 Å².